The molecule has 0 N–H and O–H groups in total. The highest BCUT2D eigenvalue weighted by atomic mass is 16.7. The number of hydrogen-bond donors (Lipinski definition) is 0. The lowest BCUT2D eigenvalue weighted by Gasteiger charge is -1.86. The van der Waals surface area contributed by atoms with Crippen LogP contribution in [0, 0.1) is 4.91 Å². The van der Waals surface area contributed by atoms with Gasteiger partial charge in [0.25, 0.3) is 0 Å². The molecule has 0 aromatic rings. The van der Waals surface area contributed by atoms with Crippen LogP contribution in [-0.4, -0.2) is 6.61 Å². The van der Waals surface area contributed by atoms with Crippen LogP contribution in [0.25, 0.3) is 0 Å². The van der Waals surface area contributed by atoms with Crippen LogP contribution in [-0.2, 0) is 4.84 Å². The molecule has 0 radical (unpaired) electrons. The smallest absolute Gasteiger partial charge is 0.155 e. The fourth-order valence-corrected chi connectivity index (χ4v) is 0.325. The summed E-state index contributed by atoms with van der Waals surface area (Å²) in [7, 11) is 0. The first-order valence-corrected chi connectivity index (χ1v) is 2.47. The molecule has 0 aliphatic rings. The maximum absolute atomic E-state index is 9.27. The van der Waals surface area contributed by atoms with Gasteiger partial charge in [0.2, 0.25) is 0 Å². The standard InChI is InChI=1S/C5H9NO2/c1-2-3-4-5-8-6-7/h2-3H,4-5H2,1H3/b3-2+. The van der Waals surface area contributed by atoms with Crippen molar-refractivity contribution in [2.24, 2.45) is 5.34 Å². The van der Waals surface area contributed by atoms with Crippen LogP contribution in [0.2, 0.25) is 0 Å². The van der Waals surface area contributed by atoms with Crippen LogP contribution in [0.4, 0.5) is 0 Å². The van der Waals surface area contributed by atoms with Crippen LogP contribution < -0.4 is 0 Å². The van der Waals surface area contributed by atoms with Crippen molar-refractivity contribution >= 4 is 0 Å². The molecule has 0 fully saturated rings. The van der Waals surface area contributed by atoms with Crippen molar-refractivity contribution in [3.05, 3.63) is 17.1 Å². The van der Waals surface area contributed by atoms with Crippen LogP contribution in [0.1, 0.15) is 13.3 Å². The Kier molecular flexibility index (Phi) is 5.48. The first kappa shape index (κ1) is 7.14. The van der Waals surface area contributed by atoms with Gasteiger partial charge in [-0.3, -0.25) is 0 Å². The van der Waals surface area contributed by atoms with Crippen molar-refractivity contribution in [3.63, 3.8) is 0 Å². The fourth-order valence-electron chi connectivity index (χ4n) is 0.325. The molecule has 46 valence electrons. The summed E-state index contributed by atoms with van der Waals surface area (Å²) in [6.07, 6.45) is 4.56. The van der Waals surface area contributed by atoms with Crippen molar-refractivity contribution in [1.29, 1.82) is 0 Å². The van der Waals surface area contributed by atoms with Crippen molar-refractivity contribution in [2.45, 2.75) is 13.3 Å². The van der Waals surface area contributed by atoms with E-state index >= 15 is 0 Å². The second-order valence-corrected chi connectivity index (χ2v) is 1.27. The topological polar surface area (TPSA) is 38.7 Å². The average molecular weight is 115 g/mol. The molecule has 0 aliphatic heterocycles. The van der Waals surface area contributed by atoms with E-state index < -0.39 is 0 Å². The Morgan fingerprint density at radius 3 is 3.00 bits per heavy atom. The summed E-state index contributed by atoms with van der Waals surface area (Å²) in [5.41, 5.74) is 0. The highest BCUT2D eigenvalue weighted by Gasteiger charge is 1.77. The van der Waals surface area contributed by atoms with E-state index in [1.54, 1.807) is 0 Å². The maximum atomic E-state index is 9.27. The Morgan fingerprint density at radius 1 is 1.75 bits per heavy atom. The van der Waals surface area contributed by atoms with Gasteiger partial charge in [-0.05, 0) is 6.92 Å². The highest BCUT2D eigenvalue weighted by Crippen LogP contribution is 1.83. The predicted molar refractivity (Wildman–Crippen MR) is 31.2 cm³/mol. The largest absolute Gasteiger partial charge is 0.364 e. The molecule has 3 heteroatoms. The third kappa shape index (κ3) is 5.14. The maximum Gasteiger partial charge on any atom is 0.155 e. The van der Waals surface area contributed by atoms with Gasteiger partial charge in [-0.1, -0.05) is 12.2 Å². The minimum absolute atomic E-state index is 0.383. The summed E-state index contributed by atoms with van der Waals surface area (Å²) in [5.74, 6) is 0. The average Bonchev–Trinajstić information content (AvgIpc) is 1.81. The van der Waals surface area contributed by atoms with E-state index in [4.69, 9.17) is 0 Å². The number of rotatable bonds is 4. The van der Waals surface area contributed by atoms with Gasteiger partial charge in [0, 0.05) is 6.42 Å². The molecule has 0 unspecified atom stereocenters. The van der Waals surface area contributed by atoms with Gasteiger partial charge < -0.3 is 4.84 Å². The Hall–Kier alpha value is -0.860. The normalized spacial score (nSPS) is 9.62. The monoisotopic (exact) mass is 115 g/mol. The summed E-state index contributed by atoms with van der Waals surface area (Å²) in [6, 6.07) is 0. The molecule has 0 rings (SSSR count). The van der Waals surface area contributed by atoms with Gasteiger partial charge in [0.05, 0.1) is 0 Å². The van der Waals surface area contributed by atoms with Crippen LogP contribution in [0.3, 0.4) is 0 Å². The zero-order valence-electron chi connectivity index (χ0n) is 4.83. The lowest BCUT2D eigenvalue weighted by Crippen LogP contribution is -1.81. The second kappa shape index (κ2) is 6.14. The summed E-state index contributed by atoms with van der Waals surface area (Å²) in [6.45, 7) is 2.29. The Bertz CT molecular complexity index is 80.5. The van der Waals surface area contributed by atoms with Crippen LogP contribution >= 0.6 is 0 Å². The Labute approximate surface area is 48.3 Å². The Morgan fingerprint density at radius 2 is 2.50 bits per heavy atom. The van der Waals surface area contributed by atoms with E-state index in [1.807, 2.05) is 19.1 Å². The highest BCUT2D eigenvalue weighted by molar-refractivity contribution is 4.75. The molecular weight excluding hydrogens is 106 g/mol. The van der Waals surface area contributed by atoms with E-state index in [2.05, 4.69) is 10.2 Å². The van der Waals surface area contributed by atoms with E-state index in [9.17, 15) is 4.91 Å². The minimum atomic E-state index is 0.383. The zero-order chi connectivity index (χ0) is 6.24. The molecule has 0 aromatic heterocycles. The van der Waals surface area contributed by atoms with Gasteiger partial charge in [0.15, 0.2) is 5.34 Å². The van der Waals surface area contributed by atoms with Gasteiger partial charge in [-0.2, -0.15) is 0 Å². The molecule has 0 saturated heterocycles. The molecule has 0 heterocycles. The first-order valence-electron chi connectivity index (χ1n) is 2.47. The summed E-state index contributed by atoms with van der Waals surface area (Å²) in [5, 5.41) is 2.22. The third-order valence-corrected chi connectivity index (χ3v) is 0.664. The molecule has 0 bridgehead atoms. The zero-order valence-corrected chi connectivity index (χ0v) is 4.83. The van der Waals surface area contributed by atoms with E-state index in [0.29, 0.717) is 6.61 Å². The van der Waals surface area contributed by atoms with Crippen molar-refractivity contribution < 1.29 is 4.84 Å². The molecule has 8 heavy (non-hydrogen) atoms. The lowest BCUT2D eigenvalue weighted by molar-refractivity contribution is 0.144. The van der Waals surface area contributed by atoms with Crippen molar-refractivity contribution in [2.75, 3.05) is 6.61 Å². The molecule has 0 aromatic carbocycles. The van der Waals surface area contributed by atoms with Gasteiger partial charge in [-0.15, -0.1) is 4.91 Å². The van der Waals surface area contributed by atoms with Gasteiger partial charge in [0.1, 0.15) is 6.61 Å². The van der Waals surface area contributed by atoms with E-state index in [1.165, 1.54) is 0 Å². The molecule has 0 spiro atoms. The molecule has 0 aliphatic carbocycles. The van der Waals surface area contributed by atoms with Crippen molar-refractivity contribution in [3.8, 4) is 0 Å². The summed E-state index contributed by atoms with van der Waals surface area (Å²) < 4.78 is 0. The second-order valence-electron chi connectivity index (χ2n) is 1.27. The lowest BCUT2D eigenvalue weighted by atomic mass is 10.4. The SMILES string of the molecule is C/C=C/CCON=O. The molecule has 0 atom stereocenters. The summed E-state index contributed by atoms with van der Waals surface area (Å²) >= 11 is 0. The van der Waals surface area contributed by atoms with Gasteiger partial charge in [-0.25, -0.2) is 0 Å². The predicted octanol–water partition coefficient (Wildman–Crippen LogP) is 1.65. The van der Waals surface area contributed by atoms with Gasteiger partial charge >= 0.3 is 0 Å². The third-order valence-electron chi connectivity index (χ3n) is 0.664. The van der Waals surface area contributed by atoms with Crippen LogP contribution in [0.5, 0.6) is 0 Å². The minimum Gasteiger partial charge on any atom is -0.364 e. The van der Waals surface area contributed by atoms with E-state index in [0.717, 1.165) is 6.42 Å². The number of hydrogen-bond acceptors (Lipinski definition) is 3. The first-order chi connectivity index (χ1) is 3.91. The number of allylic oxidation sites excluding steroid dienone is 1. The molecule has 3 nitrogen and oxygen atoms in total. The molecule has 0 saturated carbocycles. The number of nitrogens with zero attached hydrogens (tertiary/aromatic N) is 1. The quantitative estimate of drug-likeness (QED) is 0.242. The van der Waals surface area contributed by atoms with E-state index in [-0.39, 0.29) is 0 Å². The Balaban J connectivity index is 2.82. The van der Waals surface area contributed by atoms with Crippen molar-refractivity contribution in [1.82, 2.24) is 0 Å². The van der Waals surface area contributed by atoms with Crippen LogP contribution in [0.15, 0.2) is 17.5 Å². The summed E-state index contributed by atoms with van der Waals surface area (Å²) in [4.78, 5) is 13.4. The molecular formula is C5H9NO2. The molecule has 0 amide bonds. The fraction of sp³-hybridized carbons (Fsp3) is 0.600.